The number of carbonyl (C=O) groups excluding carboxylic acids is 1. The summed E-state index contributed by atoms with van der Waals surface area (Å²) in [5.74, 6) is -0.655. The molecule has 1 aromatic rings. The standard InChI is InChI=1S/C16H22N3O5S/c1-4-25(23,24)13-5-6-14(15(11-13)19(21)22)16(20)18-9-7-17(8-10-18)12(2)3/h6,11-12H,4,7-10H2,1-3H3. The summed E-state index contributed by atoms with van der Waals surface area (Å²) in [6, 6.07) is 4.94. The average molecular weight is 368 g/mol. The number of sulfone groups is 1. The maximum atomic E-state index is 12.7. The molecule has 137 valence electrons. The van der Waals surface area contributed by atoms with Gasteiger partial charge in [0.1, 0.15) is 5.56 Å². The minimum atomic E-state index is -3.63. The zero-order valence-electron chi connectivity index (χ0n) is 14.6. The third kappa shape index (κ3) is 4.16. The molecule has 0 aromatic heterocycles. The van der Waals surface area contributed by atoms with Gasteiger partial charge in [-0.3, -0.25) is 19.8 Å². The normalized spacial score (nSPS) is 16.2. The first-order valence-electron chi connectivity index (χ1n) is 8.13. The molecule has 0 aliphatic carbocycles. The second kappa shape index (κ2) is 7.49. The summed E-state index contributed by atoms with van der Waals surface area (Å²) in [6.07, 6.45) is 0. The van der Waals surface area contributed by atoms with Crippen LogP contribution in [0.4, 0.5) is 5.69 Å². The third-order valence-corrected chi connectivity index (χ3v) is 6.04. The molecular formula is C16H22N3O5S. The van der Waals surface area contributed by atoms with Crippen molar-refractivity contribution in [3.05, 3.63) is 33.9 Å². The Morgan fingerprint density at radius 2 is 1.92 bits per heavy atom. The van der Waals surface area contributed by atoms with Crippen LogP contribution < -0.4 is 0 Å². The first-order valence-corrected chi connectivity index (χ1v) is 9.78. The van der Waals surface area contributed by atoms with E-state index in [0.717, 1.165) is 12.1 Å². The maximum absolute atomic E-state index is 12.7. The van der Waals surface area contributed by atoms with Gasteiger partial charge < -0.3 is 4.90 Å². The molecule has 25 heavy (non-hydrogen) atoms. The van der Waals surface area contributed by atoms with E-state index >= 15 is 0 Å². The molecule has 1 fully saturated rings. The predicted molar refractivity (Wildman–Crippen MR) is 92.3 cm³/mol. The monoisotopic (exact) mass is 368 g/mol. The number of hydrogen-bond acceptors (Lipinski definition) is 6. The second-order valence-electron chi connectivity index (χ2n) is 6.18. The van der Waals surface area contributed by atoms with Gasteiger partial charge in [-0.25, -0.2) is 8.42 Å². The summed E-state index contributed by atoms with van der Waals surface area (Å²) in [4.78, 5) is 26.8. The van der Waals surface area contributed by atoms with E-state index in [1.807, 2.05) is 0 Å². The van der Waals surface area contributed by atoms with Gasteiger partial charge in [0.25, 0.3) is 11.6 Å². The Hall–Kier alpha value is -2.00. The van der Waals surface area contributed by atoms with Crippen LogP contribution >= 0.6 is 0 Å². The lowest BCUT2D eigenvalue weighted by Gasteiger charge is -2.36. The van der Waals surface area contributed by atoms with Crippen molar-refractivity contribution in [3.8, 4) is 0 Å². The summed E-state index contributed by atoms with van der Waals surface area (Å²) in [5.41, 5.74) is -0.625. The van der Waals surface area contributed by atoms with E-state index in [-0.39, 0.29) is 16.2 Å². The molecule has 0 bridgehead atoms. The van der Waals surface area contributed by atoms with Crippen LogP contribution in [0.5, 0.6) is 0 Å². The summed E-state index contributed by atoms with van der Waals surface area (Å²) in [7, 11) is -3.63. The largest absolute Gasteiger partial charge is 0.336 e. The van der Waals surface area contributed by atoms with Gasteiger partial charge in [-0.1, -0.05) is 6.92 Å². The Labute approximate surface area is 147 Å². The van der Waals surface area contributed by atoms with E-state index in [0.29, 0.717) is 32.2 Å². The van der Waals surface area contributed by atoms with Crippen LogP contribution in [0.1, 0.15) is 31.1 Å². The Morgan fingerprint density at radius 1 is 1.32 bits per heavy atom. The second-order valence-corrected chi connectivity index (χ2v) is 8.43. The van der Waals surface area contributed by atoms with Gasteiger partial charge in [-0.05, 0) is 19.9 Å². The van der Waals surface area contributed by atoms with Gasteiger partial charge in [0.05, 0.1) is 15.6 Å². The predicted octanol–water partition coefficient (Wildman–Crippen LogP) is 1.35. The lowest BCUT2D eigenvalue weighted by molar-refractivity contribution is -0.385. The molecule has 1 aromatic carbocycles. The number of piperazine rings is 1. The van der Waals surface area contributed by atoms with E-state index in [2.05, 4.69) is 24.8 Å². The number of rotatable bonds is 5. The van der Waals surface area contributed by atoms with Crippen molar-refractivity contribution < 1.29 is 18.1 Å². The fraction of sp³-hybridized carbons (Fsp3) is 0.562. The number of amides is 1. The molecule has 8 nitrogen and oxygen atoms in total. The lowest BCUT2D eigenvalue weighted by Crippen LogP contribution is -2.50. The fourth-order valence-electron chi connectivity index (χ4n) is 2.73. The molecule has 1 amide bonds. The molecule has 0 atom stereocenters. The van der Waals surface area contributed by atoms with Crippen LogP contribution in [0.15, 0.2) is 17.0 Å². The Bertz CT molecular complexity index is 768. The molecule has 1 aliphatic rings. The van der Waals surface area contributed by atoms with Gasteiger partial charge in [0, 0.05) is 44.4 Å². The minimum Gasteiger partial charge on any atom is -0.336 e. The summed E-state index contributed by atoms with van der Waals surface area (Å²) >= 11 is 0. The summed E-state index contributed by atoms with van der Waals surface area (Å²) in [5, 5.41) is 11.3. The number of hydrogen-bond donors (Lipinski definition) is 0. The van der Waals surface area contributed by atoms with Crippen molar-refractivity contribution in [2.75, 3.05) is 31.9 Å². The fourth-order valence-corrected chi connectivity index (χ4v) is 3.57. The van der Waals surface area contributed by atoms with E-state index in [9.17, 15) is 23.3 Å². The van der Waals surface area contributed by atoms with E-state index in [1.165, 1.54) is 6.92 Å². The van der Waals surface area contributed by atoms with Crippen molar-refractivity contribution in [1.82, 2.24) is 9.80 Å². The Kier molecular flexibility index (Phi) is 5.79. The Morgan fingerprint density at radius 3 is 2.40 bits per heavy atom. The summed E-state index contributed by atoms with van der Waals surface area (Å²) < 4.78 is 23.8. The highest BCUT2D eigenvalue weighted by Gasteiger charge is 2.29. The number of nitrogens with zero attached hydrogens (tertiary/aromatic N) is 3. The highest BCUT2D eigenvalue weighted by atomic mass is 32.2. The first-order chi connectivity index (χ1) is 11.7. The molecule has 0 N–H and O–H groups in total. The van der Waals surface area contributed by atoms with Crippen LogP contribution in [-0.4, -0.2) is 67.0 Å². The topological polar surface area (TPSA) is 101 Å². The number of nitro groups is 1. The highest BCUT2D eigenvalue weighted by molar-refractivity contribution is 7.91. The van der Waals surface area contributed by atoms with Crippen LogP contribution in [0.3, 0.4) is 0 Å². The molecule has 0 unspecified atom stereocenters. The zero-order chi connectivity index (χ0) is 18.8. The lowest BCUT2D eigenvalue weighted by atomic mass is 10.1. The molecular weight excluding hydrogens is 346 g/mol. The van der Waals surface area contributed by atoms with E-state index in [4.69, 9.17) is 0 Å². The molecule has 1 heterocycles. The molecule has 2 rings (SSSR count). The van der Waals surface area contributed by atoms with Gasteiger partial charge in [-0.2, -0.15) is 0 Å². The van der Waals surface area contributed by atoms with Gasteiger partial charge in [-0.15, -0.1) is 0 Å². The zero-order valence-corrected chi connectivity index (χ0v) is 15.4. The summed E-state index contributed by atoms with van der Waals surface area (Å²) in [6.45, 7) is 7.94. The van der Waals surface area contributed by atoms with E-state index in [1.54, 1.807) is 4.90 Å². The number of carbonyl (C=O) groups is 1. The molecule has 1 radical (unpaired) electrons. The van der Waals surface area contributed by atoms with Crippen LogP contribution in [-0.2, 0) is 9.84 Å². The van der Waals surface area contributed by atoms with Crippen molar-refractivity contribution >= 4 is 21.4 Å². The SMILES string of the molecule is CCS(=O)(=O)c1[c]cc(C(=O)N2CCN(C(C)C)CC2)c([N+](=O)[O-])c1. The van der Waals surface area contributed by atoms with Crippen LogP contribution in [0.25, 0.3) is 0 Å². The van der Waals surface area contributed by atoms with Gasteiger partial charge in [0.2, 0.25) is 0 Å². The minimum absolute atomic E-state index is 0.127. The quantitative estimate of drug-likeness (QED) is 0.574. The van der Waals surface area contributed by atoms with E-state index < -0.39 is 26.4 Å². The van der Waals surface area contributed by atoms with Gasteiger partial charge >= 0.3 is 0 Å². The molecule has 9 heteroatoms. The van der Waals surface area contributed by atoms with Crippen LogP contribution in [0.2, 0.25) is 0 Å². The molecule has 0 spiro atoms. The van der Waals surface area contributed by atoms with Crippen molar-refractivity contribution in [2.45, 2.75) is 31.7 Å². The van der Waals surface area contributed by atoms with Crippen molar-refractivity contribution in [2.24, 2.45) is 0 Å². The smallest absolute Gasteiger partial charge is 0.283 e. The number of benzene rings is 1. The van der Waals surface area contributed by atoms with Gasteiger partial charge in [0.15, 0.2) is 9.84 Å². The first kappa shape index (κ1) is 19.3. The highest BCUT2D eigenvalue weighted by Crippen LogP contribution is 2.25. The van der Waals surface area contributed by atoms with Crippen molar-refractivity contribution in [1.29, 1.82) is 0 Å². The number of nitro benzene ring substituents is 1. The molecule has 1 saturated heterocycles. The maximum Gasteiger partial charge on any atom is 0.283 e. The Balaban J connectivity index is 2.30. The third-order valence-electron chi connectivity index (χ3n) is 4.38. The van der Waals surface area contributed by atoms with Crippen LogP contribution in [0, 0.1) is 16.2 Å². The molecule has 1 aliphatic heterocycles. The molecule has 0 saturated carbocycles. The van der Waals surface area contributed by atoms with Crippen molar-refractivity contribution in [3.63, 3.8) is 0 Å². The average Bonchev–Trinajstić information content (AvgIpc) is 2.60.